The molecule has 9 heteroatoms. The van der Waals surface area contributed by atoms with Crippen molar-refractivity contribution in [2.75, 3.05) is 5.32 Å². The van der Waals surface area contributed by atoms with E-state index in [0.29, 0.717) is 0 Å². The van der Waals surface area contributed by atoms with Crippen molar-refractivity contribution in [3.8, 4) is 0 Å². The Morgan fingerprint density at radius 3 is 2.42 bits per heavy atom. The van der Waals surface area contributed by atoms with Gasteiger partial charge in [0.1, 0.15) is 5.82 Å². The Hall–Kier alpha value is -2.78. The van der Waals surface area contributed by atoms with Crippen molar-refractivity contribution in [2.24, 2.45) is 5.73 Å². The smallest absolute Gasteiger partial charge is 0.255 e. The number of nitrogens with two attached hydrogens (primary N) is 1. The number of carbonyl (C=O) groups is 2. The summed E-state index contributed by atoms with van der Waals surface area (Å²) in [5.74, 6) is -2.39. The summed E-state index contributed by atoms with van der Waals surface area (Å²) in [6.45, 7) is 3.36. The highest BCUT2D eigenvalue weighted by Crippen LogP contribution is 2.17. The topological polar surface area (TPSA) is 118 Å². The summed E-state index contributed by atoms with van der Waals surface area (Å²) in [6, 6.07) is 8.53. The van der Waals surface area contributed by atoms with Crippen molar-refractivity contribution < 1.29 is 22.4 Å². The van der Waals surface area contributed by atoms with Gasteiger partial charge in [-0.05, 0) is 50.2 Å². The van der Waals surface area contributed by atoms with Crippen LogP contribution in [0.25, 0.3) is 0 Å². The first kappa shape index (κ1) is 19.5. The standard InChI is InChI=1S/C17H18FN3O4S/c1-10(2)21-26(24,25)13-5-3-4-11(8-13)17(23)20-12-6-7-15(18)14(9-12)16(19)22/h3-10,21H,1-2H3,(H2,19,22)(H,20,23). The fourth-order valence-corrected chi connectivity index (χ4v) is 3.47. The van der Waals surface area contributed by atoms with Crippen molar-refractivity contribution in [2.45, 2.75) is 24.8 Å². The van der Waals surface area contributed by atoms with E-state index in [4.69, 9.17) is 5.73 Å². The van der Waals surface area contributed by atoms with E-state index in [2.05, 4.69) is 10.0 Å². The van der Waals surface area contributed by atoms with Gasteiger partial charge in [-0.25, -0.2) is 17.5 Å². The molecule has 0 unspecified atom stereocenters. The van der Waals surface area contributed by atoms with Gasteiger partial charge in [0.15, 0.2) is 0 Å². The lowest BCUT2D eigenvalue weighted by Crippen LogP contribution is -2.30. The zero-order valence-electron chi connectivity index (χ0n) is 14.1. The molecule has 26 heavy (non-hydrogen) atoms. The van der Waals surface area contributed by atoms with Crippen molar-refractivity contribution in [1.29, 1.82) is 0 Å². The Labute approximate surface area is 150 Å². The van der Waals surface area contributed by atoms with Gasteiger partial charge in [0, 0.05) is 17.3 Å². The predicted octanol–water partition coefficient (Wildman–Crippen LogP) is 1.86. The predicted molar refractivity (Wildman–Crippen MR) is 94.8 cm³/mol. The van der Waals surface area contributed by atoms with Gasteiger partial charge >= 0.3 is 0 Å². The van der Waals surface area contributed by atoms with E-state index < -0.39 is 27.7 Å². The largest absolute Gasteiger partial charge is 0.366 e. The maximum absolute atomic E-state index is 13.5. The molecular formula is C17H18FN3O4S. The van der Waals surface area contributed by atoms with Gasteiger partial charge < -0.3 is 11.1 Å². The minimum absolute atomic E-state index is 0.0595. The van der Waals surface area contributed by atoms with Crippen LogP contribution in [0, 0.1) is 5.82 Å². The average molecular weight is 379 g/mol. The van der Waals surface area contributed by atoms with Crippen LogP contribution in [0.5, 0.6) is 0 Å². The monoisotopic (exact) mass is 379 g/mol. The number of hydrogen-bond donors (Lipinski definition) is 3. The second-order valence-corrected chi connectivity index (χ2v) is 7.53. The molecule has 0 heterocycles. The maximum Gasteiger partial charge on any atom is 0.255 e. The number of benzene rings is 2. The number of hydrogen-bond acceptors (Lipinski definition) is 4. The van der Waals surface area contributed by atoms with Gasteiger partial charge in [-0.15, -0.1) is 0 Å². The number of carbonyl (C=O) groups excluding carboxylic acids is 2. The normalized spacial score (nSPS) is 11.4. The molecular weight excluding hydrogens is 361 g/mol. The van der Waals surface area contributed by atoms with E-state index in [9.17, 15) is 22.4 Å². The lowest BCUT2D eigenvalue weighted by molar-refractivity contribution is 0.0992. The molecule has 0 atom stereocenters. The molecule has 0 aliphatic rings. The second-order valence-electron chi connectivity index (χ2n) is 5.82. The van der Waals surface area contributed by atoms with Crippen LogP contribution in [0.1, 0.15) is 34.6 Å². The van der Waals surface area contributed by atoms with Crippen molar-refractivity contribution >= 4 is 27.5 Å². The minimum atomic E-state index is -3.75. The highest BCUT2D eigenvalue weighted by Gasteiger charge is 2.18. The summed E-state index contributed by atoms with van der Waals surface area (Å²) in [4.78, 5) is 23.5. The quantitative estimate of drug-likeness (QED) is 0.710. The van der Waals surface area contributed by atoms with E-state index >= 15 is 0 Å². The highest BCUT2D eigenvalue weighted by atomic mass is 32.2. The van der Waals surface area contributed by atoms with Crippen molar-refractivity contribution in [3.63, 3.8) is 0 Å². The van der Waals surface area contributed by atoms with Crippen LogP contribution < -0.4 is 15.8 Å². The fourth-order valence-electron chi connectivity index (χ4n) is 2.18. The van der Waals surface area contributed by atoms with Gasteiger partial charge in [0.05, 0.1) is 10.5 Å². The van der Waals surface area contributed by atoms with Gasteiger partial charge in [-0.3, -0.25) is 9.59 Å². The van der Waals surface area contributed by atoms with E-state index in [1.54, 1.807) is 13.8 Å². The Morgan fingerprint density at radius 1 is 1.12 bits per heavy atom. The molecule has 0 aromatic heterocycles. The van der Waals surface area contributed by atoms with E-state index in [-0.39, 0.29) is 27.8 Å². The summed E-state index contributed by atoms with van der Waals surface area (Å²) in [5.41, 5.74) is 4.94. The fraction of sp³-hybridized carbons (Fsp3) is 0.176. The third-order valence-electron chi connectivity index (χ3n) is 3.29. The number of anilines is 1. The van der Waals surface area contributed by atoms with Crippen LogP contribution in [0.4, 0.5) is 10.1 Å². The maximum atomic E-state index is 13.5. The molecule has 138 valence electrons. The Bertz CT molecular complexity index is 958. The van der Waals surface area contributed by atoms with Crippen LogP contribution in [0.3, 0.4) is 0 Å². The van der Waals surface area contributed by atoms with Crippen LogP contribution in [-0.4, -0.2) is 26.3 Å². The zero-order valence-corrected chi connectivity index (χ0v) is 14.9. The molecule has 2 rings (SSSR count). The second kappa shape index (κ2) is 7.63. The van der Waals surface area contributed by atoms with Crippen LogP contribution in [0.15, 0.2) is 47.4 Å². The molecule has 0 saturated carbocycles. The molecule has 0 radical (unpaired) electrons. The first-order valence-corrected chi connectivity index (χ1v) is 9.11. The molecule has 0 spiro atoms. The van der Waals surface area contributed by atoms with Crippen LogP contribution in [-0.2, 0) is 10.0 Å². The molecule has 0 aliphatic heterocycles. The molecule has 0 fully saturated rings. The Balaban J connectivity index is 2.27. The first-order valence-electron chi connectivity index (χ1n) is 7.63. The zero-order chi connectivity index (χ0) is 19.5. The molecule has 0 bridgehead atoms. The van der Waals surface area contributed by atoms with E-state index in [1.807, 2.05) is 0 Å². The van der Waals surface area contributed by atoms with Crippen LogP contribution in [0.2, 0.25) is 0 Å². The Morgan fingerprint density at radius 2 is 1.81 bits per heavy atom. The molecule has 2 aromatic rings. The third kappa shape index (κ3) is 4.64. The molecule has 7 nitrogen and oxygen atoms in total. The molecule has 0 saturated heterocycles. The number of primary amides is 1. The average Bonchev–Trinajstić information content (AvgIpc) is 2.55. The highest BCUT2D eigenvalue weighted by molar-refractivity contribution is 7.89. The number of amides is 2. The molecule has 0 aliphatic carbocycles. The minimum Gasteiger partial charge on any atom is -0.366 e. The Kier molecular flexibility index (Phi) is 5.73. The van der Waals surface area contributed by atoms with Gasteiger partial charge in [-0.2, -0.15) is 0 Å². The summed E-state index contributed by atoms with van der Waals surface area (Å²) in [6.07, 6.45) is 0. The number of halogens is 1. The number of sulfonamides is 1. The van der Waals surface area contributed by atoms with Crippen molar-refractivity contribution in [1.82, 2.24) is 4.72 Å². The molecule has 4 N–H and O–H groups in total. The summed E-state index contributed by atoms with van der Waals surface area (Å²) in [7, 11) is -3.75. The summed E-state index contributed by atoms with van der Waals surface area (Å²) < 4.78 is 40.3. The molecule has 2 aromatic carbocycles. The molecule has 2 amide bonds. The van der Waals surface area contributed by atoms with Gasteiger partial charge in [0.25, 0.3) is 11.8 Å². The lowest BCUT2D eigenvalue weighted by atomic mass is 10.1. The third-order valence-corrected chi connectivity index (χ3v) is 4.94. The first-order chi connectivity index (χ1) is 12.1. The van der Waals surface area contributed by atoms with Crippen LogP contribution >= 0.6 is 0 Å². The van der Waals surface area contributed by atoms with Gasteiger partial charge in [-0.1, -0.05) is 6.07 Å². The lowest BCUT2D eigenvalue weighted by Gasteiger charge is -2.11. The summed E-state index contributed by atoms with van der Waals surface area (Å²) in [5, 5.41) is 2.47. The summed E-state index contributed by atoms with van der Waals surface area (Å²) >= 11 is 0. The SMILES string of the molecule is CC(C)NS(=O)(=O)c1cccc(C(=O)Nc2ccc(F)c(C(N)=O)c2)c1. The van der Waals surface area contributed by atoms with Crippen molar-refractivity contribution in [3.05, 3.63) is 59.4 Å². The number of rotatable bonds is 6. The van der Waals surface area contributed by atoms with Gasteiger partial charge in [0.2, 0.25) is 10.0 Å². The van der Waals surface area contributed by atoms with E-state index in [0.717, 1.165) is 12.1 Å². The van der Waals surface area contributed by atoms with E-state index in [1.165, 1.54) is 30.3 Å². The number of nitrogens with one attached hydrogen (secondary N) is 2.